The highest BCUT2D eigenvalue weighted by Gasteiger charge is 2.15. The third-order valence-corrected chi connectivity index (χ3v) is 3.99. The Morgan fingerprint density at radius 1 is 1.26 bits per heavy atom. The summed E-state index contributed by atoms with van der Waals surface area (Å²) < 4.78 is 11.2. The van der Waals surface area contributed by atoms with Gasteiger partial charge in [-0.25, -0.2) is 4.79 Å². The maximum Gasteiger partial charge on any atom is 0.339 e. The van der Waals surface area contributed by atoms with Crippen LogP contribution in [0, 0.1) is 13.8 Å². The lowest BCUT2D eigenvalue weighted by Crippen LogP contribution is -2.24. The van der Waals surface area contributed by atoms with Crippen LogP contribution in [-0.2, 0) is 11.2 Å². The molecular weight excluding hydrogens is 296 g/mol. The molecule has 0 aliphatic rings. The molecule has 0 fully saturated rings. The van der Waals surface area contributed by atoms with Crippen LogP contribution >= 0.6 is 0 Å². The number of carbonyl (C=O) groups is 1. The summed E-state index contributed by atoms with van der Waals surface area (Å²) in [5.41, 5.74) is 1.93. The van der Waals surface area contributed by atoms with Gasteiger partial charge in [0, 0.05) is 22.5 Å². The van der Waals surface area contributed by atoms with Crippen molar-refractivity contribution in [2.45, 2.75) is 46.5 Å². The van der Waals surface area contributed by atoms with Crippen molar-refractivity contribution < 1.29 is 19.1 Å². The van der Waals surface area contributed by atoms with Crippen LogP contribution in [0.3, 0.4) is 0 Å². The number of carboxylic acids is 1. The van der Waals surface area contributed by atoms with Gasteiger partial charge < -0.3 is 19.1 Å². The number of hydrogen-bond acceptors (Lipinski definition) is 5. The van der Waals surface area contributed by atoms with Gasteiger partial charge in [0.2, 0.25) is 0 Å². The van der Waals surface area contributed by atoms with Gasteiger partial charge in [-0.1, -0.05) is 13.3 Å². The van der Waals surface area contributed by atoms with Crippen molar-refractivity contribution in [1.82, 2.24) is 0 Å². The molecule has 5 heteroatoms. The van der Waals surface area contributed by atoms with Gasteiger partial charge in [-0.3, -0.25) is 0 Å². The molecule has 5 nitrogen and oxygen atoms in total. The summed E-state index contributed by atoms with van der Waals surface area (Å²) in [6.07, 6.45) is 1.92. The number of aliphatic carboxylic acids is 1. The molecule has 0 bridgehead atoms. The molecule has 23 heavy (non-hydrogen) atoms. The van der Waals surface area contributed by atoms with Crippen molar-refractivity contribution in [1.29, 1.82) is 0 Å². The number of rotatable bonds is 7. The lowest BCUT2D eigenvalue weighted by molar-refractivity contribution is -0.305. The lowest BCUT2D eigenvalue weighted by Gasteiger charge is -2.13. The van der Waals surface area contributed by atoms with Crippen LogP contribution in [0.1, 0.15) is 42.9 Å². The molecule has 0 amide bonds. The topological polar surface area (TPSA) is 79.6 Å². The molecule has 0 aliphatic carbocycles. The van der Waals surface area contributed by atoms with Crippen molar-refractivity contribution in [2.75, 3.05) is 6.61 Å². The van der Waals surface area contributed by atoms with Crippen LogP contribution < -0.4 is 15.5 Å². The standard InChI is InChI=1S/C18H22O5/c1-4-5-10-22-15-8-6-13-11(2)14(7-9-16(19)20)18(21)23-17(13)12(15)3/h6,8H,4-5,7,9-10H2,1-3H3,(H,19,20)/p-1. The number of fused-ring (bicyclic) bond motifs is 1. The van der Waals surface area contributed by atoms with E-state index in [4.69, 9.17) is 9.15 Å². The zero-order chi connectivity index (χ0) is 17.0. The smallest absolute Gasteiger partial charge is 0.339 e. The summed E-state index contributed by atoms with van der Waals surface area (Å²) in [4.78, 5) is 22.8. The van der Waals surface area contributed by atoms with E-state index in [1.54, 1.807) is 6.92 Å². The molecule has 0 saturated carbocycles. The Morgan fingerprint density at radius 2 is 2.00 bits per heavy atom. The molecular formula is C18H21O5-. The first-order valence-electron chi connectivity index (χ1n) is 7.84. The number of unbranched alkanes of at least 4 members (excludes halogenated alkanes) is 1. The second-order valence-corrected chi connectivity index (χ2v) is 5.63. The van der Waals surface area contributed by atoms with Crippen molar-refractivity contribution >= 4 is 16.9 Å². The molecule has 0 saturated heterocycles. The summed E-state index contributed by atoms with van der Waals surface area (Å²) in [5, 5.41) is 11.4. The molecule has 0 radical (unpaired) electrons. The van der Waals surface area contributed by atoms with Crippen molar-refractivity contribution in [3.63, 3.8) is 0 Å². The molecule has 0 N–H and O–H groups in total. The highest BCUT2D eigenvalue weighted by atomic mass is 16.5. The van der Waals surface area contributed by atoms with Crippen molar-refractivity contribution in [3.05, 3.63) is 39.2 Å². The maximum atomic E-state index is 12.2. The molecule has 0 unspecified atom stereocenters. The third kappa shape index (κ3) is 3.73. The molecule has 1 aromatic heterocycles. The van der Waals surface area contributed by atoms with E-state index in [0.29, 0.717) is 23.5 Å². The summed E-state index contributed by atoms with van der Waals surface area (Å²) in [7, 11) is 0. The van der Waals surface area contributed by atoms with Gasteiger partial charge in [0.25, 0.3) is 0 Å². The minimum Gasteiger partial charge on any atom is -0.550 e. The van der Waals surface area contributed by atoms with Crippen LogP contribution in [0.5, 0.6) is 5.75 Å². The minimum absolute atomic E-state index is 0.111. The van der Waals surface area contributed by atoms with Crippen LogP contribution in [0.2, 0.25) is 0 Å². The summed E-state index contributed by atoms with van der Waals surface area (Å²) in [5.74, 6) is -0.476. The fourth-order valence-corrected chi connectivity index (χ4v) is 2.57. The fraction of sp³-hybridized carbons (Fsp3) is 0.444. The Kier molecular flexibility index (Phi) is 5.42. The van der Waals surface area contributed by atoms with Gasteiger partial charge in [0.1, 0.15) is 11.3 Å². The first kappa shape index (κ1) is 17.1. The molecule has 2 rings (SSSR count). The Hall–Kier alpha value is -2.30. The van der Waals surface area contributed by atoms with E-state index in [0.717, 1.165) is 29.4 Å². The summed E-state index contributed by atoms with van der Waals surface area (Å²) in [6, 6.07) is 3.72. The number of benzene rings is 1. The number of carboxylic acid groups (broad SMARTS) is 1. The Balaban J connectivity index is 2.45. The Labute approximate surface area is 134 Å². The quantitative estimate of drug-likeness (QED) is 0.578. The first-order valence-corrected chi connectivity index (χ1v) is 7.84. The molecule has 2 aromatic rings. The summed E-state index contributed by atoms with van der Waals surface area (Å²) >= 11 is 0. The maximum absolute atomic E-state index is 12.2. The predicted octanol–water partition coefficient (Wildman–Crippen LogP) is 2.27. The average Bonchev–Trinajstić information content (AvgIpc) is 2.50. The van der Waals surface area contributed by atoms with Crippen molar-refractivity contribution in [2.24, 2.45) is 0 Å². The predicted molar refractivity (Wildman–Crippen MR) is 85.7 cm³/mol. The highest BCUT2D eigenvalue weighted by molar-refractivity contribution is 5.85. The number of carbonyl (C=O) groups excluding carboxylic acids is 1. The second-order valence-electron chi connectivity index (χ2n) is 5.63. The second kappa shape index (κ2) is 7.31. The fourth-order valence-electron chi connectivity index (χ4n) is 2.57. The Morgan fingerprint density at radius 3 is 2.65 bits per heavy atom. The van der Waals surface area contributed by atoms with Crippen LogP contribution in [0.15, 0.2) is 21.3 Å². The van der Waals surface area contributed by atoms with E-state index in [1.165, 1.54) is 0 Å². The van der Waals surface area contributed by atoms with Gasteiger partial charge in [-0.05, 0) is 50.8 Å². The number of ether oxygens (including phenoxy) is 1. The van der Waals surface area contributed by atoms with E-state index in [1.807, 2.05) is 19.1 Å². The zero-order valence-electron chi connectivity index (χ0n) is 13.7. The average molecular weight is 317 g/mol. The van der Waals surface area contributed by atoms with Gasteiger partial charge in [-0.2, -0.15) is 0 Å². The van der Waals surface area contributed by atoms with Crippen LogP contribution in [-0.4, -0.2) is 12.6 Å². The first-order chi connectivity index (χ1) is 11.0. The summed E-state index contributed by atoms with van der Waals surface area (Å²) in [6.45, 7) is 6.37. The van der Waals surface area contributed by atoms with E-state index >= 15 is 0 Å². The van der Waals surface area contributed by atoms with Gasteiger partial charge >= 0.3 is 5.63 Å². The lowest BCUT2D eigenvalue weighted by atomic mass is 10.0. The van der Waals surface area contributed by atoms with Crippen LogP contribution in [0.4, 0.5) is 0 Å². The normalized spacial score (nSPS) is 10.9. The molecule has 0 spiro atoms. The molecule has 0 aliphatic heterocycles. The number of aryl methyl sites for hydroxylation is 2. The zero-order valence-corrected chi connectivity index (χ0v) is 13.7. The monoisotopic (exact) mass is 317 g/mol. The van der Waals surface area contributed by atoms with Crippen molar-refractivity contribution in [3.8, 4) is 5.75 Å². The van der Waals surface area contributed by atoms with E-state index < -0.39 is 11.6 Å². The van der Waals surface area contributed by atoms with Gasteiger partial charge in [0.15, 0.2) is 0 Å². The van der Waals surface area contributed by atoms with Gasteiger partial charge in [-0.15, -0.1) is 0 Å². The highest BCUT2D eigenvalue weighted by Crippen LogP contribution is 2.29. The Bertz CT molecular complexity index is 773. The van der Waals surface area contributed by atoms with Gasteiger partial charge in [0.05, 0.1) is 6.61 Å². The molecule has 0 atom stereocenters. The van der Waals surface area contributed by atoms with E-state index in [9.17, 15) is 14.7 Å². The SMILES string of the molecule is CCCCOc1ccc2c(C)c(CCC(=O)[O-])c(=O)oc2c1C. The van der Waals surface area contributed by atoms with Crippen LogP contribution in [0.25, 0.3) is 11.0 Å². The van der Waals surface area contributed by atoms with E-state index in [-0.39, 0.29) is 12.8 Å². The molecule has 124 valence electrons. The van der Waals surface area contributed by atoms with E-state index in [2.05, 4.69) is 6.92 Å². The third-order valence-electron chi connectivity index (χ3n) is 3.99. The molecule has 1 aromatic carbocycles. The number of hydrogen-bond donors (Lipinski definition) is 0. The largest absolute Gasteiger partial charge is 0.550 e. The minimum atomic E-state index is -1.18. The molecule has 1 heterocycles.